The Kier molecular flexibility index (Phi) is 6.73. The van der Waals surface area contributed by atoms with Crippen molar-refractivity contribution >= 4 is 23.0 Å². The lowest BCUT2D eigenvalue weighted by Crippen LogP contribution is -2.25. The van der Waals surface area contributed by atoms with Crippen molar-refractivity contribution in [1.82, 2.24) is 14.8 Å². The second kappa shape index (κ2) is 9.43. The zero-order chi connectivity index (χ0) is 24.6. The van der Waals surface area contributed by atoms with Crippen molar-refractivity contribution in [2.75, 3.05) is 6.54 Å². The molecular weight excluding hydrogens is 446 g/mol. The standard InChI is InChI=1S/C26H33N5O2S/c1-15-16(2)34-25-22(15)23(19-11-9-18(10-12-19)8-7-13-27)28-20(14-21(32)33-26(4,5)6)24-30-29-17(3)31(24)25/h9-12,20H,7-8,13-14,27H2,1-6H3/t20-/m0/s1. The number of esters is 1. The van der Waals surface area contributed by atoms with Gasteiger partial charge < -0.3 is 10.5 Å². The van der Waals surface area contributed by atoms with E-state index < -0.39 is 11.6 Å². The van der Waals surface area contributed by atoms with Gasteiger partial charge in [-0.3, -0.25) is 14.4 Å². The molecule has 3 heterocycles. The van der Waals surface area contributed by atoms with Crippen LogP contribution in [0.2, 0.25) is 0 Å². The number of hydrogen-bond donors (Lipinski definition) is 1. The quantitative estimate of drug-likeness (QED) is 0.514. The Morgan fingerprint density at radius 3 is 2.50 bits per heavy atom. The minimum atomic E-state index is -0.566. The van der Waals surface area contributed by atoms with Gasteiger partial charge >= 0.3 is 5.97 Å². The van der Waals surface area contributed by atoms with Crippen LogP contribution in [-0.2, 0) is 16.0 Å². The third-order valence-electron chi connectivity index (χ3n) is 5.92. The summed E-state index contributed by atoms with van der Waals surface area (Å²) in [4.78, 5) is 19.2. The van der Waals surface area contributed by atoms with Gasteiger partial charge in [0.15, 0.2) is 5.82 Å². The van der Waals surface area contributed by atoms with E-state index in [0.717, 1.165) is 40.5 Å². The van der Waals surface area contributed by atoms with Crippen molar-refractivity contribution in [3.05, 3.63) is 63.0 Å². The minimum Gasteiger partial charge on any atom is -0.460 e. The molecule has 4 rings (SSSR count). The summed E-state index contributed by atoms with van der Waals surface area (Å²) in [6, 6.07) is 8.01. The van der Waals surface area contributed by atoms with Crippen LogP contribution in [0.5, 0.6) is 0 Å². The van der Waals surface area contributed by atoms with Crippen LogP contribution in [0.25, 0.3) is 5.00 Å². The van der Waals surface area contributed by atoms with Crippen LogP contribution in [-0.4, -0.2) is 38.6 Å². The fourth-order valence-corrected chi connectivity index (χ4v) is 5.42. The number of ether oxygens (including phenoxy) is 1. The van der Waals surface area contributed by atoms with Gasteiger partial charge in [-0.2, -0.15) is 0 Å². The molecule has 1 atom stereocenters. The van der Waals surface area contributed by atoms with Crippen LogP contribution < -0.4 is 5.73 Å². The summed E-state index contributed by atoms with van der Waals surface area (Å²) in [5.41, 5.74) is 10.5. The van der Waals surface area contributed by atoms with Gasteiger partial charge in [0.2, 0.25) is 0 Å². The van der Waals surface area contributed by atoms with Crippen LogP contribution in [0.3, 0.4) is 0 Å². The first-order valence-corrected chi connectivity index (χ1v) is 12.5. The number of carbonyl (C=O) groups is 1. The van der Waals surface area contributed by atoms with Gasteiger partial charge in [0.1, 0.15) is 22.5 Å². The molecule has 1 aliphatic heterocycles. The maximum atomic E-state index is 12.8. The Labute approximate surface area is 205 Å². The Hall–Kier alpha value is -2.84. The van der Waals surface area contributed by atoms with Gasteiger partial charge in [-0.1, -0.05) is 24.3 Å². The number of carbonyl (C=O) groups excluding carboxylic acids is 1. The molecule has 2 N–H and O–H groups in total. The molecule has 0 saturated carbocycles. The van der Waals surface area contributed by atoms with E-state index in [1.54, 1.807) is 11.3 Å². The Morgan fingerprint density at radius 1 is 1.15 bits per heavy atom. The van der Waals surface area contributed by atoms with Crippen molar-refractivity contribution in [3.8, 4) is 5.00 Å². The summed E-state index contributed by atoms with van der Waals surface area (Å²) < 4.78 is 7.68. The number of rotatable bonds is 6. The highest BCUT2D eigenvalue weighted by molar-refractivity contribution is 7.15. The largest absolute Gasteiger partial charge is 0.460 e. The third kappa shape index (κ3) is 4.83. The Balaban J connectivity index is 1.84. The summed E-state index contributed by atoms with van der Waals surface area (Å²) >= 11 is 1.71. The van der Waals surface area contributed by atoms with E-state index in [0.29, 0.717) is 12.4 Å². The summed E-state index contributed by atoms with van der Waals surface area (Å²) in [6.07, 6.45) is 2.01. The van der Waals surface area contributed by atoms with Gasteiger partial charge in [0, 0.05) is 16.0 Å². The fraction of sp³-hybridized carbons (Fsp3) is 0.462. The van der Waals surface area contributed by atoms with Gasteiger partial charge in [-0.05, 0) is 72.1 Å². The van der Waals surface area contributed by atoms with Gasteiger partial charge in [0.25, 0.3) is 0 Å². The molecule has 0 spiro atoms. The normalized spacial score (nSPS) is 15.4. The second-order valence-electron chi connectivity index (χ2n) is 9.78. The lowest BCUT2D eigenvalue weighted by atomic mass is 9.98. The van der Waals surface area contributed by atoms with Gasteiger partial charge in [-0.25, -0.2) is 0 Å². The highest BCUT2D eigenvalue weighted by Gasteiger charge is 2.33. The van der Waals surface area contributed by atoms with Crippen LogP contribution in [0.15, 0.2) is 29.3 Å². The van der Waals surface area contributed by atoms with E-state index in [1.165, 1.54) is 16.0 Å². The van der Waals surface area contributed by atoms with Crippen molar-refractivity contribution in [2.45, 2.75) is 72.4 Å². The first-order valence-electron chi connectivity index (χ1n) is 11.7. The van der Waals surface area contributed by atoms with E-state index in [9.17, 15) is 4.79 Å². The summed E-state index contributed by atoms with van der Waals surface area (Å²) in [6.45, 7) is 12.5. The number of aryl methyl sites for hydroxylation is 3. The average Bonchev–Trinajstić information content (AvgIpc) is 3.24. The number of benzene rings is 1. The molecule has 3 aromatic rings. The summed E-state index contributed by atoms with van der Waals surface area (Å²) in [5.74, 6) is 1.14. The number of fused-ring (bicyclic) bond motifs is 3. The number of nitrogens with two attached hydrogens (primary N) is 1. The highest BCUT2D eigenvalue weighted by Crippen LogP contribution is 2.39. The van der Waals surface area contributed by atoms with Crippen LogP contribution >= 0.6 is 11.3 Å². The summed E-state index contributed by atoms with van der Waals surface area (Å²) in [7, 11) is 0. The molecule has 1 aliphatic rings. The molecule has 8 heteroatoms. The number of thiophene rings is 1. The van der Waals surface area contributed by atoms with E-state index in [4.69, 9.17) is 15.5 Å². The molecule has 34 heavy (non-hydrogen) atoms. The molecular formula is C26H33N5O2S. The molecule has 0 amide bonds. The lowest BCUT2D eigenvalue weighted by Gasteiger charge is -2.21. The summed E-state index contributed by atoms with van der Waals surface area (Å²) in [5, 5.41) is 9.84. The molecule has 0 bridgehead atoms. The Bertz CT molecular complexity index is 1230. The first kappa shape index (κ1) is 24.3. The number of aromatic nitrogens is 3. The van der Waals surface area contributed by atoms with Crippen LogP contribution in [0.1, 0.15) is 78.4 Å². The topological polar surface area (TPSA) is 95.4 Å². The third-order valence-corrected chi connectivity index (χ3v) is 7.11. The maximum Gasteiger partial charge on any atom is 0.308 e. The number of nitrogens with zero attached hydrogens (tertiary/aromatic N) is 4. The SMILES string of the molecule is Cc1sc2c(c1C)C(c1ccc(CCCN)cc1)=N[C@@H](CC(=O)OC(C)(C)C)c1nnc(C)n1-2. The molecule has 180 valence electrons. The van der Waals surface area contributed by atoms with E-state index >= 15 is 0 Å². The number of aliphatic imine (C=N–C) groups is 1. The molecule has 0 aliphatic carbocycles. The molecule has 0 radical (unpaired) electrons. The van der Waals surface area contributed by atoms with E-state index in [-0.39, 0.29) is 12.4 Å². The second-order valence-corrected chi connectivity index (χ2v) is 11.0. The molecule has 7 nitrogen and oxygen atoms in total. The van der Waals surface area contributed by atoms with Crippen molar-refractivity contribution in [3.63, 3.8) is 0 Å². The monoisotopic (exact) mass is 479 g/mol. The smallest absolute Gasteiger partial charge is 0.308 e. The van der Waals surface area contributed by atoms with Gasteiger partial charge in [-0.15, -0.1) is 21.5 Å². The van der Waals surface area contributed by atoms with Crippen molar-refractivity contribution in [1.29, 1.82) is 0 Å². The molecule has 2 aromatic heterocycles. The molecule has 0 fully saturated rings. The molecule has 0 unspecified atom stereocenters. The molecule has 0 saturated heterocycles. The predicted molar refractivity (Wildman–Crippen MR) is 136 cm³/mol. The van der Waals surface area contributed by atoms with E-state index in [2.05, 4.69) is 52.9 Å². The molecule has 1 aromatic carbocycles. The van der Waals surface area contributed by atoms with Crippen molar-refractivity contribution in [2.24, 2.45) is 10.7 Å². The lowest BCUT2D eigenvalue weighted by molar-refractivity contribution is -0.155. The van der Waals surface area contributed by atoms with Crippen molar-refractivity contribution < 1.29 is 9.53 Å². The minimum absolute atomic E-state index is 0.0977. The predicted octanol–water partition coefficient (Wildman–Crippen LogP) is 4.77. The maximum absolute atomic E-state index is 12.8. The van der Waals surface area contributed by atoms with Crippen LogP contribution in [0.4, 0.5) is 0 Å². The first-order chi connectivity index (χ1) is 16.1. The Morgan fingerprint density at radius 2 is 1.85 bits per heavy atom. The van der Waals surface area contributed by atoms with E-state index in [1.807, 2.05) is 27.7 Å². The number of hydrogen-bond acceptors (Lipinski definition) is 7. The average molecular weight is 480 g/mol. The highest BCUT2D eigenvalue weighted by atomic mass is 32.1. The zero-order valence-corrected chi connectivity index (χ0v) is 21.6. The fourth-order valence-electron chi connectivity index (χ4n) is 4.20. The zero-order valence-electron chi connectivity index (χ0n) is 20.8. The van der Waals surface area contributed by atoms with Crippen LogP contribution in [0, 0.1) is 20.8 Å². The van der Waals surface area contributed by atoms with Gasteiger partial charge in [0.05, 0.1) is 12.1 Å².